The zero-order valence-corrected chi connectivity index (χ0v) is 11.0. The molecule has 0 amide bonds. The number of hydrogen-bond donors (Lipinski definition) is 1. The number of methoxy groups -OCH3 is 2. The summed E-state index contributed by atoms with van der Waals surface area (Å²) in [7, 11) is 3.32. The Morgan fingerprint density at radius 3 is 2.89 bits per heavy atom. The summed E-state index contributed by atoms with van der Waals surface area (Å²) in [5.74, 6) is 2.14. The standard InChI is InChI=1S/C13H19NO4/c1-9(7-15-2)14-6-10-4-11(16-3)13-12(5-10)17-8-18-13/h4-5,9,14H,6-8H2,1-3H3. The molecule has 0 saturated carbocycles. The van der Waals surface area contributed by atoms with E-state index in [9.17, 15) is 0 Å². The van der Waals surface area contributed by atoms with Gasteiger partial charge in [0.1, 0.15) is 0 Å². The summed E-state index contributed by atoms with van der Waals surface area (Å²) < 4.78 is 21.1. The van der Waals surface area contributed by atoms with E-state index in [0.717, 1.165) is 17.9 Å². The maximum Gasteiger partial charge on any atom is 0.231 e. The molecular weight excluding hydrogens is 234 g/mol. The lowest BCUT2D eigenvalue weighted by Gasteiger charge is -2.13. The summed E-state index contributed by atoms with van der Waals surface area (Å²) >= 11 is 0. The van der Waals surface area contributed by atoms with Crippen LogP contribution >= 0.6 is 0 Å². The zero-order chi connectivity index (χ0) is 13.0. The third kappa shape index (κ3) is 2.86. The second-order valence-corrected chi connectivity index (χ2v) is 4.27. The number of fused-ring (bicyclic) bond motifs is 1. The molecule has 0 aliphatic carbocycles. The molecule has 1 heterocycles. The summed E-state index contributed by atoms with van der Waals surface area (Å²) in [6.07, 6.45) is 0. The average Bonchev–Trinajstić information content (AvgIpc) is 2.83. The first-order valence-corrected chi connectivity index (χ1v) is 5.93. The number of rotatable bonds is 6. The van der Waals surface area contributed by atoms with Gasteiger partial charge in [-0.1, -0.05) is 0 Å². The Kier molecular flexibility index (Phi) is 4.28. The van der Waals surface area contributed by atoms with Crippen LogP contribution in [-0.4, -0.2) is 33.7 Å². The van der Waals surface area contributed by atoms with Gasteiger partial charge in [0.25, 0.3) is 0 Å². The van der Waals surface area contributed by atoms with Crippen LogP contribution in [0.4, 0.5) is 0 Å². The lowest BCUT2D eigenvalue weighted by atomic mass is 10.1. The second-order valence-electron chi connectivity index (χ2n) is 4.27. The van der Waals surface area contributed by atoms with Crippen LogP contribution in [-0.2, 0) is 11.3 Å². The van der Waals surface area contributed by atoms with Crippen LogP contribution in [0.5, 0.6) is 17.2 Å². The Morgan fingerprint density at radius 2 is 2.17 bits per heavy atom. The third-order valence-electron chi connectivity index (χ3n) is 2.79. The van der Waals surface area contributed by atoms with Crippen molar-refractivity contribution in [2.45, 2.75) is 19.5 Å². The normalized spacial score (nSPS) is 14.6. The van der Waals surface area contributed by atoms with Crippen molar-refractivity contribution in [1.82, 2.24) is 5.32 Å². The molecule has 18 heavy (non-hydrogen) atoms. The van der Waals surface area contributed by atoms with Crippen molar-refractivity contribution in [3.8, 4) is 17.2 Å². The number of ether oxygens (including phenoxy) is 4. The van der Waals surface area contributed by atoms with E-state index < -0.39 is 0 Å². The van der Waals surface area contributed by atoms with Gasteiger partial charge in [-0.25, -0.2) is 0 Å². The summed E-state index contributed by atoms with van der Waals surface area (Å²) in [6, 6.07) is 4.23. The Labute approximate surface area is 107 Å². The summed E-state index contributed by atoms with van der Waals surface area (Å²) in [4.78, 5) is 0. The topological polar surface area (TPSA) is 49.0 Å². The van der Waals surface area contributed by atoms with Gasteiger partial charge in [0, 0.05) is 19.7 Å². The molecule has 0 bridgehead atoms. The van der Waals surface area contributed by atoms with Crippen molar-refractivity contribution in [3.05, 3.63) is 17.7 Å². The quantitative estimate of drug-likeness (QED) is 0.833. The van der Waals surface area contributed by atoms with Gasteiger partial charge in [0.15, 0.2) is 11.5 Å². The van der Waals surface area contributed by atoms with E-state index in [1.54, 1.807) is 14.2 Å². The van der Waals surface area contributed by atoms with Gasteiger partial charge in [-0.2, -0.15) is 0 Å². The fraction of sp³-hybridized carbons (Fsp3) is 0.538. The maximum absolute atomic E-state index is 5.38. The predicted molar refractivity (Wildman–Crippen MR) is 67.3 cm³/mol. The van der Waals surface area contributed by atoms with Crippen molar-refractivity contribution >= 4 is 0 Å². The molecule has 100 valence electrons. The van der Waals surface area contributed by atoms with Crippen molar-refractivity contribution < 1.29 is 18.9 Å². The maximum atomic E-state index is 5.38. The number of nitrogens with one attached hydrogen (secondary N) is 1. The van der Waals surface area contributed by atoms with Gasteiger partial charge in [0.05, 0.1) is 13.7 Å². The molecule has 1 aromatic carbocycles. The van der Waals surface area contributed by atoms with E-state index in [-0.39, 0.29) is 6.79 Å². The molecule has 0 fully saturated rings. The monoisotopic (exact) mass is 253 g/mol. The molecule has 1 aliphatic heterocycles. The Hall–Kier alpha value is -1.46. The highest BCUT2D eigenvalue weighted by Crippen LogP contribution is 2.41. The fourth-order valence-electron chi connectivity index (χ4n) is 1.89. The van der Waals surface area contributed by atoms with E-state index in [0.29, 0.717) is 24.1 Å². The van der Waals surface area contributed by atoms with E-state index in [2.05, 4.69) is 12.2 Å². The number of hydrogen-bond acceptors (Lipinski definition) is 5. The SMILES string of the molecule is COCC(C)NCc1cc(OC)c2c(c1)OCO2. The van der Waals surface area contributed by atoms with Crippen LogP contribution in [0.15, 0.2) is 12.1 Å². The van der Waals surface area contributed by atoms with Gasteiger partial charge in [0.2, 0.25) is 12.5 Å². The van der Waals surface area contributed by atoms with Crippen LogP contribution in [0.3, 0.4) is 0 Å². The molecule has 0 aromatic heterocycles. The molecular formula is C13H19NO4. The molecule has 0 radical (unpaired) electrons. The highest BCUT2D eigenvalue weighted by atomic mass is 16.7. The summed E-state index contributed by atoms with van der Waals surface area (Å²) in [5, 5.41) is 3.37. The van der Waals surface area contributed by atoms with E-state index in [4.69, 9.17) is 18.9 Å². The van der Waals surface area contributed by atoms with Gasteiger partial charge < -0.3 is 24.3 Å². The molecule has 2 rings (SSSR count). The third-order valence-corrected chi connectivity index (χ3v) is 2.79. The minimum absolute atomic E-state index is 0.253. The van der Waals surface area contributed by atoms with Crippen LogP contribution in [0.2, 0.25) is 0 Å². The minimum atomic E-state index is 0.253. The lowest BCUT2D eigenvalue weighted by Crippen LogP contribution is -2.29. The molecule has 1 atom stereocenters. The first kappa shape index (κ1) is 13.0. The molecule has 0 spiro atoms. The van der Waals surface area contributed by atoms with Gasteiger partial charge >= 0.3 is 0 Å². The Morgan fingerprint density at radius 1 is 1.33 bits per heavy atom. The van der Waals surface area contributed by atoms with Crippen molar-refractivity contribution in [1.29, 1.82) is 0 Å². The van der Waals surface area contributed by atoms with Gasteiger partial charge in [-0.3, -0.25) is 0 Å². The van der Waals surface area contributed by atoms with Crippen LogP contribution in [0, 0.1) is 0 Å². The molecule has 5 nitrogen and oxygen atoms in total. The van der Waals surface area contributed by atoms with E-state index >= 15 is 0 Å². The zero-order valence-electron chi connectivity index (χ0n) is 11.0. The summed E-state index contributed by atoms with van der Waals surface area (Å²) in [5.41, 5.74) is 1.10. The first-order valence-electron chi connectivity index (χ1n) is 5.93. The molecule has 1 unspecified atom stereocenters. The van der Waals surface area contributed by atoms with Gasteiger partial charge in [-0.15, -0.1) is 0 Å². The smallest absolute Gasteiger partial charge is 0.231 e. The van der Waals surface area contributed by atoms with Gasteiger partial charge in [-0.05, 0) is 24.6 Å². The largest absolute Gasteiger partial charge is 0.493 e. The highest BCUT2D eigenvalue weighted by molar-refractivity contribution is 5.55. The minimum Gasteiger partial charge on any atom is -0.493 e. The Balaban J connectivity index is 2.05. The molecule has 1 aliphatic rings. The Bertz CT molecular complexity index is 408. The molecule has 5 heteroatoms. The van der Waals surface area contributed by atoms with Crippen LogP contribution in [0.1, 0.15) is 12.5 Å². The van der Waals surface area contributed by atoms with Crippen molar-refractivity contribution in [2.24, 2.45) is 0 Å². The van der Waals surface area contributed by atoms with E-state index in [1.165, 1.54) is 0 Å². The molecule has 1 aromatic rings. The fourth-order valence-corrected chi connectivity index (χ4v) is 1.89. The molecule has 1 N–H and O–H groups in total. The summed E-state index contributed by atoms with van der Waals surface area (Å²) in [6.45, 7) is 3.75. The lowest BCUT2D eigenvalue weighted by molar-refractivity contribution is 0.171. The van der Waals surface area contributed by atoms with Crippen LogP contribution in [0.25, 0.3) is 0 Å². The molecule has 0 saturated heterocycles. The second kappa shape index (κ2) is 5.93. The van der Waals surface area contributed by atoms with Crippen molar-refractivity contribution in [3.63, 3.8) is 0 Å². The van der Waals surface area contributed by atoms with Crippen molar-refractivity contribution in [2.75, 3.05) is 27.6 Å². The van der Waals surface area contributed by atoms with Crippen LogP contribution < -0.4 is 19.5 Å². The average molecular weight is 253 g/mol. The predicted octanol–water partition coefficient (Wildman–Crippen LogP) is 1.55. The van der Waals surface area contributed by atoms with E-state index in [1.807, 2.05) is 12.1 Å². The first-order chi connectivity index (χ1) is 8.74. The highest BCUT2D eigenvalue weighted by Gasteiger charge is 2.20. The number of benzene rings is 1.